The van der Waals surface area contributed by atoms with Crippen LogP contribution in [0, 0.1) is 0 Å². The van der Waals surface area contributed by atoms with Crippen molar-refractivity contribution in [2.75, 3.05) is 36.4 Å². The van der Waals surface area contributed by atoms with Crippen molar-refractivity contribution in [2.24, 2.45) is 0 Å². The first-order valence-corrected chi connectivity index (χ1v) is 11.5. The first-order valence-electron chi connectivity index (χ1n) is 11.5. The summed E-state index contributed by atoms with van der Waals surface area (Å²) in [4.78, 5) is 36.7. The summed E-state index contributed by atoms with van der Waals surface area (Å²) in [5.74, 6) is 0.475. The Kier molecular flexibility index (Phi) is 7.17. The fourth-order valence-corrected chi connectivity index (χ4v) is 4.19. The lowest BCUT2D eigenvalue weighted by atomic mass is 10.2. The van der Waals surface area contributed by atoms with Crippen LogP contribution in [0.25, 0.3) is 10.9 Å². The summed E-state index contributed by atoms with van der Waals surface area (Å²) in [5, 5.41) is 3.55. The third-order valence-electron chi connectivity index (χ3n) is 5.97. The Hall–Kier alpha value is -3.19. The van der Waals surface area contributed by atoms with Crippen LogP contribution >= 0.6 is 0 Å². The molecule has 7 heteroatoms. The van der Waals surface area contributed by atoms with Crippen molar-refractivity contribution >= 4 is 28.2 Å². The summed E-state index contributed by atoms with van der Waals surface area (Å²) in [5.41, 5.74) is 2.51. The quantitative estimate of drug-likeness (QED) is 0.593. The average molecular weight is 434 g/mol. The molecule has 2 aromatic carbocycles. The molecule has 4 rings (SSSR count). The average Bonchev–Trinajstić information content (AvgIpc) is 3.09. The number of rotatable bonds is 7. The van der Waals surface area contributed by atoms with Gasteiger partial charge in [0.15, 0.2) is 0 Å². The van der Waals surface area contributed by atoms with Gasteiger partial charge in [0.05, 0.1) is 24.0 Å². The number of aromatic nitrogens is 2. The Balaban J connectivity index is 1.35. The van der Waals surface area contributed by atoms with Crippen LogP contribution in [0.15, 0.2) is 53.3 Å². The maximum Gasteiger partial charge on any atom is 0.258 e. The van der Waals surface area contributed by atoms with Crippen LogP contribution in [0.5, 0.6) is 0 Å². The number of hydrogen-bond acceptors (Lipinski definition) is 5. The van der Waals surface area contributed by atoms with Gasteiger partial charge in [-0.3, -0.25) is 14.5 Å². The van der Waals surface area contributed by atoms with E-state index in [0.29, 0.717) is 29.8 Å². The molecule has 1 amide bonds. The molecule has 0 spiro atoms. The van der Waals surface area contributed by atoms with Gasteiger partial charge in [0, 0.05) is 24.5 Å². The van der Waals surface area contributed by atoms with Crippen LogP contribution in [-0.2, 0) is 11.3 Å². The van der Waals surface area contributed by atoms with Gasteiger partial charge < -0.3 is 15.2 Å². The third-order valence-corrected chi connectivity index (χ3v) is 5.97. The number of H-pyrrole nitrogens is 1. The van der Waals surface area contributed by atoms with E-state index in [2.05, 4.69) is 32.3 Å². The number of hydrogen-bond donors (Lipinski definition) is 2. The van der Waals surface area contributed by atoms with Crippen LogP contribution in [0.3, 0.4) is 0 Å². The van der Waals surface area contributed by atoms with Gasteiger partial charge in [-0.1, -0.05) is 31.9 Å². The smallest absolute Gasteiger partial charge is 0.258 e. The van der Waals surface area contributed by atoms with E-state index in [1.54, 1.807) is 6.07 Å². The highest BCUT2D eigenvalue weighted by atomic mass is 16.2. The molecule has 168 valence electrons. The SMILES string of the molecule is CCN(CC(=O)Nc1ccc(N2CCCCCC2)cc1)Cc1nc2ccccc2c(=O)[nH]1. The maximum atomic E-state index is 12.6. The monoisotopic (exact) mass is 433 g/mol. The van der Waals surface area contributed by atoms with Crippen LogP contribution in [-0.4, -0.2) is 47.0 Å². The van der Waals surface area contributed by atoms with Gasteiger partial charge in [-0.05, 0) is 55.8 Å². The van der Waals surface area contributed by atoms with Crippen LogP contribution in [0.1, 0.15) is 38.4 Å². The van der Waals surface area contributed by atoms with Gasteiger partial charge in [0.1, 0.15) is 5.82 Å². The molecule has 0 aliphatic carbocycles. The molecule has 0 atom stereocenters. The zero-order valence-electron chi connectivity index (χ0n) is 18.6. The Morgan fingerprint density at radius 3 is 2.50 bits per heavy atom. The lowest BCUT2D eigenvalue weighted by molar-refractivity contribution is -0.117. The van der Waals surface area contributed by atoms with Crippen molar-refractivity contribution < 1.29 is 4.79 Å². The molecule has 1 aromatic heterocycles. The predicted octanol–water partition coefficient (Wildman–Crippen LogP) is 3.76. The van der Waals surface area contributed by atoms with Gasteiger partial charge in [-0.2, -0.15) is 0 Å². The number of carbonyl (C=O) groups is 1. The number of likely N-dealkylation sites (N-methyl/N-ethyl adjacent to an activating group) is 1. The lowest BCUT2D eigenvalue weighted by Gasteiger charge is -2.23. The molecule has 1 saturated heterocycles. The maximum absolute atomic E-state index is 12.6. The number of benzene rings is 2. The molecule has 0 radical (unpaired) electrons. The van der Waals surface area contributed by atoms with Crippen molar-refractivity contribution in [3.05, 3.63) is 64.7 Å². The fraction of sp³-hybridized carbons (Fsp3) is 0.400. The summed E-state index contributed by atoms with van der Waals surface area (Å²) in [6.45, 7) is 5.48. The second-order valence-electron chi connectivity index (χ2n) is 8.33. The molecule has 7 nitrogen and oxygen atoms in total. The number of anilines is 2. The van der Waals surface area contributed by atoms with E-state index in [9.17, 15) is 9.59 Å². The van der Waals surface area contributed by atoms with Gasteiger partial charge in [-0.15, -0.1) is 0 Å². The highest BCUT2D eigenvalue weighted by Gasteiger charge is 2.13. The Morgan fingerprint density at radius 2 is 1.78 bits per heavy atom. The third kappa shape index (κ3) is 5.53. The number of fused-ring (bicyclic) bond motifs is 1. The molecule has 0 saturated carbocycles. The molecule has 1 aliphatic heterocycles. The van der Waals surface area contributed by atoms with Crippen molar-refractivity contribution in [1.29, 1.82) is 0 Å². The van der Waals surface area contributed by atoms with E-state index in [0.717, 1.165) is 18.8 Å². The molecular formula is C25H31N5O2. The Morgan fingerprint density at radius 1 is 1.06 bits per heavy atom. The predicted molar refractivity (Wildman–Crippen MR) is 129 cm³/mol. The topological polar surface area (TPSA) is 81.3 Å². The van der Waals surface area contributed by atoms with Crippen LogP contribution in [0.2, 0.25) is 0 Å². The van der Waals surface area contributed by atoms with E-state index in [1.807, 2.05) is 42.2 Å². The van der Waals surface area contributed by atoms with E-state index in [1.165, 1.54) is 31.4 Å². The number of nitrogens with zero attached hydrogens (tertiary/aromatic N) is 3. The molecule has 32 heavy (non-hydrogen) atoms. The molecule has 2 N–H and O–H groups in total. The zero-order chi connectivity index (χ0) is 22.3. The minimum absolute atomic E-state index is 0.0856. The van der Waals surface area contributed by atoms with E-state index < -0.39 is 0 Å². The fourth-order valence-electron chi connectivity index (χ4n) is 4.19. The summed E-state index contributed by atoms with van der Waals surface area (Å²) >= 11 is 0. The van der Waals surface area contributed by atoms with Gasteiger partial charge in [0.2, 0.25) is 5.91 Å². The van der Waals surface area contributed by atoms with Crippen molar-refractivity contribution in [3.8, 4) is 0 Å². The Bertz CT molecular complexity index is 1100. The number of amides is 1. The molecule has 1 fully saturated rings. The number of carbonyl (C=O) groups excluding carboxylic acids is 1. The summed E-state index contributed by atoms with van der Waals surface area (Å²) in [6.07, 6.45) is 5.09. The zero-order valence-corrected chi connectivity index (χ0v) is 18.6. The van der Waals surface area contributed by atoms with Gasteiger partial charge in [-0.25, -0.2) is 4.98 Å². The summed E-state index contributed by atoms with van der Waals surface area (Å²) in [7, 11) is 0. The number of aromatic amines is 1. The Labute approximate surface area is 188 Å². The molecule has 0 bridgehead atoms. The van der Waals surface area contributed by atoms with Crippen molar-refractivity contribution in [3.63, 3.8) is 0 Å². The first-order chi connectivity index (χ1) is 15.6. The van der Waals surface area contributed by atoms with E-state index >= 15 is 0 Å². The highest BCUT2D eigenvalue weighted by molar-refractivity contribution is 5.92. The molecular weight excluding hydrogens is 402 g/mol. The molecule has 2 heterocycles. The van der Waals surface area contributed by atoms with Gasteiger partial charge in [0.25, 0.3) is 5.56 Å². The van der Waals surface area contributed by atoms with Crippen molar-refractivity contribution in [2.45, 2.75) is 39.2 Å². The number of nitrogens with one attached hydrogen (secondary N) is 2. The molecule has 0 unspecified atom stereocenters. The van der Waals surface area contributed by atoms with Crippen molar-refractivity contribution in [1.82, 2.24) is 14.9 Å². The minimum atomic E-state index is -0.157. The second kappa shape index (κ2) is 10.4. The standard InChI is InChI=1S/C25H31N5O2/c1-2-29(17-23-27-22-10-6-5-9-21(22)25(32)28-23)18-24(31)26-19-11-13-20(14-12-19)30-15-7-3-4-8-16-30/h5-6,9-14H,2-4,7-8,15-18H2,1H3,(H,26,31)(H,27,28,32). The van der Waals surface area contributed by atoms with E-state index in [-0.39, 0.29) is 18.0 Å². The highest BCUT2D eigenvalue weighted by Crippen LogP contribution is 2.21. The van der Waals surface area contributed by atoms with Crippen LogP contribution < -0.4 is 15.8 Å². The molecule has 1 aliphatic rings. The van der Waals surface area contributed by atoms with Crippen LogP contribution in [0.4, 0.5) is 11.4 Å². The first kappa shape index (κ1) is 22.0. The molecule has 3 aromatic rings. The summed E-state index contributed by atoms with van der Waals surface area (Å²) in [6, 6.07) is 15.4. The summed E-state index contributed by atoms with van der Waals surface area (Å²) < 4.78 is 0. The normalized spacial score (nSPS) is 14.5. The van der Waals surface area contributed by atoms with Gasteiger partial charge >= 0.3 is 0 Å². The number of para-hydroxylation sites is 1. The lowest BCUT2D eigenvalue weighted by Crippen LogP contribution is -2.33. The van der Waals surface area contributed by atoms with E-state index in [4.69, 9.17) is 0 Å². The second-order valence-corrected chi connectivity index (χ2v) is 8.33. The minimum Gasteiger partial charge on any atom is -0.372 e. The largest absolute Gasteiger partial charge is 0.372 e.